The van der Waals surface area contributed by atoms with Gasteiger partial charge < -0.3 is 77.3 Å². The first-order chi connectivity index (χ1) is 68.9. The predicted molar refractivity (Wildman–Crippen MR) is 631 cm³/mol. The van der Waals surface area contributed by atoms with E-state index in [4.69, 9.17) is 44.9 Å². The van der Waals surface area contributed by atoms with Gasteiger partial charge in [0.25, 0.3) is 0 Å². The number of aromatic nitrogens is 9. The largest absolute Gasteiger partial charge is 0.354 e. The van der Waals surface area contributed by atoms with Crippen LogP contribution >= 0.6 is 0 Å². The summed E-state index contributed by atoms with van der Waals surface area (Å²) in [7, 11) is 0. The van der Waals surface area contributed by atoms with Crippen LogP contribution in [-0.2, 0) is 0 Å². The molecule has 842 valence electrons. The van der Waals surface area contributed by atoms with Crippen molar-refractivity contribution in [3.8, 4) is 0 Å². The third kappa shape index (κ3) is 44.1. The van der Waals surface area contributed by atoms with E-state index >= 15 is 0 Å². The zero-order chi connectivity index (χ0) is 107. The lowest BCUT2D eigenvalue weighted by atomic mass is 9.79. The summed E-state index contributed by atoms with van der Waals surface area (Å²) in [6.07, 6.45) is 64.8. The molecule has 6 aliphatic rings. The molecule has 6 saturated heterocycles. The average Bonchev–Trinajstić information content (AvgIpc) is 0.770. The second kappa shape index (κ2) is 58.5. The molecule has 0 amide bonds. The Kier molecular flexibility index (Phi) is 49.9. The quantitative estimate of drug-likeness (QED) is 0.0239. The molecule has 0 aromatic carbocycles. The Labute approximate surface area is 898 Å². The molecule has 0 saturated carbocycles. The van der Waals surface area contributed by atoms with Gasteiger partial charge in [-0.2, -0.15) is 44.9 Å². The first-order valence-corrected chi connectivity index (χ1v) is 61.8. The highest BCUT2D eigenvalue weighted by atomic mass is 15.4. The maximum Gasteiger partial charge on any atom is 0.232 e. The van der Waals surface area contributed by atoms with Crippen LogP contribution in [0.25, 0.3) is 0 Å². The molecular weight excluding hydrogens is 1800 g/mol. The lowest BCUT2D eigenvalue weighted by molar-refractivity contribution is 0.156. The van der Waals surface area contributed by atoms with Crippen molar-refractivity contribution in [3.05, 3.63) is 0 Å². The fourth-order valence-electron chi connectivity index (χ4n) is 28.3. The van der Waals surface area contributed by atoms with Gasteiger partial charge >= 0.3 is 0 Å². The van der Waals surface area contributed by atoms with Crippen molar-refractivity contribution in [2.75, 3.05) is 97.7 Å². The molecule has 24 heteroatoms. The summed E-state index contributed by atoms with van der Waals surface area (Å²) in [5.74, 6) is 7.25. The maximum absolute atomic E-state index is 5.97. The minimum atomic E-state index is -0.0816. The Morgan fingerprint density at radius 2 is 0.349 bits per heavy atom. The Balaban J connectivity index is 1.11. The number of hydrogen-bond acceptors (Lipinski definition) is 24. The van der Waals surface area contributed by atoms with Crippen molar-refractivity contribution in [2.24, 2.45) is 0 Å². The number of rotatable bonds is 70. The van der Waals surface area contributed by atoms with Gasteiger partial charge in [-0.1, -0.05) is 260 Å². The van der Waals surface area contributed by atoms with Crippen LogP contribution in [0.2, 0.25) is 0 Å². The topological polar surface area (TPSA) is 244 Å². The van der Waals surface area contributed by atoms with Gasteiger partial charge in [0.05, 0.1) is 0 Å². The highest BCUT2D eigenvalue weighted by Gasteiger charge is 2.49. The third-order valence-corrected chi connectivity index (χ3v) is 32.9. The lowest BCUT2D eigenvalue weighted by Gasteiger charge is -2.50. The summed E-state index contributed by atoms with van der Waals surface area (Å²) in [4.78, 5) is 68.2. The van der Waals surface area contributed by atoms with Gasteiger partial charge in [-0.05, 0) is 307 Å². The summed E-state index contributed by atoms with van der Waals surface area (Å²) in [6, 6.07) is 1.64. The lowest BCUT2D eigenvalue weighted by Crippen LogP contribution is -2.63. The summed E-state index contributed by atoms with van der Waals surface area (Å²) in [5, 5.41) is 36.8. The molecule has 6 fully saturated rings. The van der Waals surface area contributed by atoms with Gasteiger partial charge in [-0.25, -0.2) is 0 Å². The number of unbranched alkanes of at least 4 members (excludes halogenated alkanes) is 34. The molecule has 0 aliphatic carbocycles. The zero-order valence-electron chi connectivity index (χ0n) is 101. The molecule has 0 unspecified atom stereocenters. The maximum atomic E-state index is 5.97. The molecule has 9 rings (SSSR count). The zero-order valence-corrected chi connectivity index (χ0v) is 101. The van der Waals surface area contributed by atoms with E-state index in [1.54, 1.807) is 0 Å². The highest BCUT2D eigenvalue weighted by molar-refractivity contribution is 5.51. The van der Waals surface area contributed by atoms with Crippen LogP contribution in [0.4, 0.5) is 53.5 Å². The molecule has 0 bridgehead atoms. The minimum absolute atomic E-state index is 0.0568. The summed E-state index contributed by atoms with van der Waals surface area (Å²) >= 11 is 0. The van der Waals surface area contributed by atoms with Crippen molar-refractivity contribution >= 4 is 53.5 Å². The SMILES string of the molecule is CCCCCCCCN(c1nc(NCCCCCC(CCCCCNc2nc(N(CCCCCCCC)C3CC(C)(C)NC(C)(C)C3)nc(N(CCCCCCCC)C3CC(C)(C)NC(C)(C)C3)n2)Nc2nc(N(CCCCCCCC)C3CC(C)(C)NC(C)(C)C3)nc(N(CCCCCCCC)C3CC(C)(C)NC(C)(C)C3)n2)nc(N(CCCCCCCC)C2CC(C)(C)NC(C)(C)C2)n1)C1CC(C)(C)NC(C)(C)C1. The molecule has 6 aliphatic heterocycles. The third-order valence-electron chi connectivity index (χ3n) is 32.9. The van der Waals surface area contributed by atoms with Crippen LogP contribution in [0.5, 0.6) is 0 Å². The molecule has 146 heavy (non-hydrogen) atoms. The Bertz CT molecular complexity index is 3630. The Morgan fingerprint density at radius 3 is 0.521 bits per heavy atom. The molecule has 9 heterocycles. The van der Waals surface area contributed by atoms with Crippen LogP contribution in [-0.4, -0.2) is 206 Å². The van der Waals surface area contributed by atoms with Crippen LogP contribution in [0.1, 0.15) is 567 Å². The van der Waals surface area contributed by atoms with Crippen LogP contribution in [0.3, 0.4) is 0 Å². The van der Waals surface area contributed by atoms with Crippen molar-refractivity contribution in [1.82, 2.24) is 76.8 Å². The van der Waals surface area contributed by atoms with Gasteiger partial charge in [-0.3, -0.25) is 0 Å². The molecule has 3 aromatic rings. The molecule has 0 radical (unpaired) electrons. The first-order valence-electron chi connectivity index (χ1n) is 61.8. The second-order valence-corrected chi connectivity index (χ2v) is 55.7. The van der Waals surface area contributed by atoms with Gasteiger partial charge in [-0.15, -0.1) is 0 Å². The average molecular weight is 2040 g/mol. The number of piperidine rings is 6. The molecule has 0 spiro atoms. The van der Waals surface area contributed by atoms with Crippen molar-refractivity contribution in [3.63, 3.8) is 0 Å². The molecule has 24 nitrogen and oxygen atoms in total. The van der Waals surface area contributed by atoms with Gasteiger partial charge in [0, 0.05) is 161 Å². The van der Waals surface area contributed by atoms with Crippen molar-refractivity contribution < 1.29 is 0 Å². The number of hydrogen-bond donors (Lipinski definition) is 9. The van der Waals surface area contributed by atoms with Crippen LogP contribution in [0, 0.1) is 0 Å². The Morgan fingerprint density at radius 1 is 0.199 bits per heavy atom. The first kappa shape index (κ1) is 124. The molecular formula is C122H234N24. The molecule has 3 aromatic heterocycles. The summed E-state index contributed by atoms with van der Waals surface area (Å²) in [5.41, 5.74) is -0.781. The smallest absolute Gasteiger partial charge is 0.232 e. The van der Waals surface area contributed by atoms with Gasteiger partial charge in [0.2, 0.25) is 53.5 Å². The summed E-state index contributed by atoms with van der Waals surface area (Å²) in [6.45, 7) is 79.0. The van der Waals surface area contributed by atoms with Crippen LogP contribution < -0.4 is 77.3 Å². The fraction of sp³-hybridized carbons (Fsp3) is 0.926. The normalized spacial score (nSPS) is 20.7. The van der Waals surface area contributed by atoms with E-state index < -0.39 is 0 Å². The standard InChI is InChI=1S/C122H234N24/c1-31-37-43-49-55-67-77-141(96-83-111(7,8)135-112(9,10)84-96)105-126-102(127-106(132-105)142(78-68-56-50-44-38-32-2)97-85-113(11,12)136-114(13,14)86-97)123-75-65-61-63-73-95(125-104-130-109(145(81-71-59-53-47-41-35-5)100-91-119(23,24)139-120(25,26)92-100)134-110(131-104)146(82-72-60-54-48-42-36-6)101-93-121(27,28)140-122(29,30)94-101)74-64-62-66-76-124-103-128-107(143(79-69-57-51-45-39-33-3)98-87-115(15,16)137-116(17,18)88-98)133-108(129-103)144(80-70-58-52-46-40-34-4)99-89-117(19,20)138-118(21,22)90-99/h95-101,135-140H,31-94H2,1-30H3,(H,123,126,127,132)(H,124,128,129,133)(H,125,130,131,134). The van der Waals surface area contributed by atoms with Gasteiger partial charge in [0.1, 0.15) is 0 Å². The van der Waals surface area contributed by atoms with E-state index in [9.17, 15) is 0 Å². The summed E-state index contributed by atoms with van der Waals surface area (Å²) < 4.78 is 0. The van der Waals surface area contributed by atoms with Crippen LogP contribution in [0.15, 0.2) is 0 Å². The van der Waals surface area contributed by atoms with Gasteiger partial charge in [0.15, 0.2) is 0 Å². The van der Waals surface area contributed by atoms with E-state index in [2.05, 4.69) is 285 Å². The van der Waals surface area contributed by atoms with E-state index in [-0.39, 0.29) is 109 Å². The Hall–Kier alpha value is -5.01. The van der Waals surface area contributed by atoms with E-state index in [1.807, 2.05) is 0 Å². The monoisotopic (exact) mass is 2040 g/mol. The number of nitrogens with zero attached hydrogens (tertiary/aromatic N) is 15. The molecule has 0 atom stereocenters. The number of anilines is 9. The molecule has 9 N–H and O–H groups in total. The number of nitrogens with one attached hydrogen (secondary N) is 9. The fourth-order valence-corrected chi connectivity index (χ4v) is 28.3. The highest BCUT2D eigenvalue weighted by Crippen LogP contribution is 2.44. The van der Waals surface area contributed by atoms with E-state index in [1.165, 1.54) is 193 Å². The second-order valence-electron chi connectivity index (χ2n) is 55.7. The van der Waals surface area contributed by atoms with E-state index in [0.29, 0.717) is 11.9 Å². The predicted octanol–water partition coefficient (Wildman–Crippen LogP) is 29.2. The van der Waals surface area contributed by atoms with Crippen molar-refractivity contribution in [2.45, 2.75) is 676 Å². The minimum Gasteiger partial charge on any atom is -0.354 e. The van der Waals surface area contributed by atoms with Crippen molar-refractivity contribution in [1.29, 1.82) is 0 Å². The van der Waals surface area contributed by atoms with E-state index in [0.717, 1.165) is 261 Å².